The maximum atomic E-state index is 12.8. The van der Waals surface area contributed by atoms with Crippen LogP contribution in [0.2, 0.25) is 0 Å². The summed E-state index contributed by atoms with van der Waals surface area (Å²) in [6.45, 7) is 0. The first-order valence-corrected chi connectivity index (χ1v) is 5.34. The van der Waals surface area contributed by atoms with E-state index in [1.807, 2.05) is 0 Å². The van der Waals surface area contributed by atoms with Crippen LogP contribution >= 0.6 is 0 Å². The minimum absolute atomic E-state index is 0.0498. The van der Waals surface area contributed by atoms with E-state index in [0.717, 1.165) is 35.4 Å². The Bertz CT molecular complexity index is 516. The zero-order valence-corrected chi connectivity index (χ0v) is 8.70. The normalized spacial score (nSPS) is 18.8. The molecule has 3 N–H and O–H groups in total. The first kappa shape index (κ1) is 9.54. The van der Waals surface area contributed by atoms with Crippen LogP contribution in [0.4, 0.5) is 4.39 Å². The van der Waals surface area contributed by atoms with Gasteiger partial charge in [-0.25, -0.2) is 4.39 Å². The van der Waals surface area contributed by atoms with Crippen LogP contribution in [0.25, 0.3) is 11.3 Å². The molecule has 1 aromatic heterocycles. The van der Waals surface area contributed by atoms with E-state index in [0.29, 0.717) is 0 Å². The standard InChI is InChI=1S/C12H12FN3/c13-8-3-1-7(2-4-8)12-11-9(14)5-6-10(11)15-16-12/h1-4,9H,5-6,14H2,(H,15,16). The van der Waals surface area contributed by atoms with Crippen molar-refractivity contribution in [3.05, 3.63) is 41.3 Å². The number of hydrogen-bond acceptors (Lipinski definition) is 2. The third-order valence-electron chi connectivity index (χ3n) is 3.08. The number of aromatic amines is 1. The van der Waals surface area contributed by atoms with Crippen LogP contribution in [0, 0.1) is 5.82 Å². The fourth-order valence-corrected chi connectivity index (χ4v) is 2.25. The number of aryl methyl sites for hydroxylation is 1. The summed E-state index contributed by atoms with van der Waals surface area (Å²) in [5.41, 5.74) is 10.0. The van der Waals surface area contributed by atoms with Gasteiger partial charge in [-0.2, -0.15) is 5.10 Å². The lowest BCUT2D eigenvalue weighted by atomic mass is 10.0. The molecule has 2 aromatic rings. The number of aromatic nitrogens is 2. The van der Waals surface area contributed by atoms with Crippen molar-refractivity contribution in [3.63, 3.8) is 0 Å². The maximum Gasteiger partial charge on any atom is 0.123 e. The van der Waals surface area contributed by atoms with Crippen molar-refractivity contribution in [2.45, 2.75) is 18.9 Å². The number of nitrogens with two attached hydrogens (primary N) is 1. The quantitative estimate of drug-likeness (QED) is 0.769. The van der Waals surface area contributed by atoms with Crippen LogP contribution in [0.15, 0.2) is 24.3 Å². The largest absolute Gasteiger partial charge is 0.324 e. The summed E-state index contributed by atoms with van der Waals surface area (Å²) in [6.07, 6.45) is 1.91. The number of nitrogens with zero attached hydrogens (tertiary/aromatic N) is 1. The van der Waals surface area contributed by atoms with Gasteiger partial charge in [-0.15, -0.1) is 0 Å². The molecule has 0 saturated carbocycles. The second-order valence-electron chi connectivity index (χ2n) is 4.12. The Morgan fingerprint density at radius 3 is 2.81 bits per heavy atom. The van der Waals surface area contributed by atoms with E-state index < -0.39 is 0 Å². The van der Waals surface area contributed by atoms with Crippen LogP contribution < -0.4 is 5.73 Å². The molecule has 1 atom stereocenters. The van der Waals surface area contributed by atoms with E-state index >= 15 is 0 Å². The monoisotopic (exact) mass is 217 g/mol. The summed E-state index contributed by atoms with van der Waals surface area (Å²) in [6, 6.07) is 6.40. The minimum atomic E-state index is -0.236. The molecule has 3 nitrogen and oxygen atoms in total. The predicted octanol–water partition coefficient (Wildman–Crippen LogP) is 2.16. The molecular formula is C12H12FN3. The Morgan fingerprint density at radius 2 is 2.06 bits per heavy atom. The lowest BCUT2D eigenvalue weighted by Gasteiger charge is -2.05. The van der Waals surface area contributed by atoms with E-state index in [-0.39, 0.29) is 11.9 Å². The Hall–Kier alpha value is -1.68. The summed E-state index contributed by atoms with van der Waals surface area (Å²) >= 11 is 0. The van der Waals surface area contributed by atoms with Crippen molar-refractivity contribution in [1.29, 1.82) is 0 Å². The van der Waals surface area contributed by atoms with Gasteiger partial charge in [0.05, 0.1) is 5.69 Å². The van der Waals surface area contributed by atoms with Crippen LogP contribution in [0.3, 0.4) is 0 Å². The van der Waals surface area contributed by atoms with Gasteiger partial charge in [0.25, 0.3) is 0 Å². The topological polar surface area (TPSA) is 54.7 Å². The molecule has 1 unspecified atom stereocenters. The van der Waals surface area contributed by atoms with Crippen LogP contribution in [-0.2, 0) is 6.42 Å². The van der Waals surface area contributed by atoms with E-state index in [1.54, 1.807) is 12.1 Å². The fraction of sp³-hybridized carbons (Fsp3) is 0.250. The lowest BCUT2D eigenvalue weighted by Crippen LogP contribution is -2.06. The number of hydrogen-bond donors (Lipinski definition) is 2. The van der Waals surface area contributed by atoms with Gasteiger partial charge in [-0.1, -0.05) is 0 Å². The van der Waals surface area contributed by atoms with Gasteiger partial charge in [0.2, 0.25) is 0 Å². The van der Waals surface area contributed by atoms with Crippen molar-refractivity contribution in [2.75, 3.05) is 0 Å². The highest BCUT2D eigenvalue weighted by Gasteiger charge is 2.25. The van der Waals surface area contributed by atoms with Crippen molar-refractivity contribution in [3.8, 4) is 11.3 Å². The number of nitrogens with one attached hydrogen (secondary N) is 1. The predicted molar refractivity (Wildman–Crippen MR) is 59.2 cm³/mol. The Kier molecular flexibility index (Phi) is 2.04. The van der Waals surface area contributed by atoms with Gasteiger partial charge in [0.1, 0.15) is 5.82 Å². The molecule has 0 amide bonds. The molecule has 3 rings (SSSR count). The average Bonchev–Trinajstić information content (AvgIpc) is 2.84. The summed E-state index contributed by atoms with van der Waals surface area (Å²) in [7, 11) is 0. The maximum absolute atomic E-state index is 12.8. The number of fused-ring (bicyclic) bond motifs is 1. The minimum Gasteiger partial charge on any atom is -0.324 e. The summed E-state index contributed by atoms with van der Waals surface area (Å²) in [5.74, 6) is -0.236. The highest BCUT2D eigenvalue weighted by Crippen LogP contribution is 2.35. The SMILES string of the molecule is NC1CCc2[nH]nc(-c3ccc(F)cc3)c21. The third kappa shape index (κ3) is 1.34. The van der Waals surface area contributed by atoms with E-state index in [1.165, 1.54) is 12.1 Å². The molecule has 4 heteroatoms. The van der Waals surface area contributed by atoms with Crippen molar-refractivity contribution >= 4 is 0 Å². The van der Waals surface area contributed by atoms with E-state index in [4.69, 9.17) is 5.73 Å². The van der Waals surface area contributed by atoms with Crippen molar-refractivity contribution in [2.24, 2.45) is 5.73 Å². The van der Waals surface area contributed by atoms with Crippen LogP contribution in [0.5, 0.6) is 0 Å². The first-order valence-electron chi connectivity index (χ1n) is 5.34. The Balaban J connectivity index is 2.11. The number of halogens is 1. The Labute approximate surface area is 92.5 Å². The van der Waals surface area contributed by atoms with Crippen molar-refractivity contribution in [1.82, 2.24) is 10.2 Å². The molecule has 0 radical (unpaired) electrons. The fourth-order valence-electron chi connectivity index (χ4n) is 2.25. The van der Waals surface area contributed by atoms with Gasteiger partial charge < -0.3 is 5.73 Å². The first-order chi connectivity index (χ1) is 7.75. The van der Waals surface area contributed by atoms with Crippen molar-refractivity contribution < 1.29 is 4.39 Å². The summed E-state index contributed by atoms with van der Waals surface area (Å²) in [4.78, 5) is 0. The second-order valence-corrected chi connectivity index (χ2v) is 4.12. The molecule has 1 aliphatic carbocycles. The van der Waals surface area contributed by atoms with Crippen LogP contribution in [0.1, 0.15) is 23.7 Å². The molecule has 1 aromatic carbocycles. The zero-order valence-electron chi connectivity index (χ0n) is 8.70. The van der Waals surface area contributed by atoms with E-state index in [9.17, 15) is 4.39 Å². The molecule has 0 spiro atoms. The van der Waals surface area contributed by atoms with Gasteiger partial charge in [-0.05, 0) is 37.1 Å². The van der Waals surface area contributed by atoms with Gasteiger partial charge in [-0.3, -0.25) is 5.10 Å². The number of H-pyrrole nitrogens is 1. The average molecular weight is 217 g/mol. The molecule has 0 aliphatic heterocycles. The summed E-state index contributed by atoms with van der Waals surface area (Å²) < 4.78 is 12.8. The van der Waals surface area contributed by atoms with Gasteiger partial charge in [0, 0.05) is 22.9 Å². The molecular weight excluding hydrogens is 205 g/mol. The van der Waals surface area contributed by atoms with E-state index in [2.05, 4.69) is 10.2 Å². The third-order valence-corrected chi connectivity index (χ3v) is 3.08. The van der Waals surface area contributed by atoms with Crippen LogP contribution in [-0.4, -0.2) is 10.2 Å². The highest BCUT2D eigenvalue weighted by molar-refractivity contribution is 5.65. The second kappa shape index (κ2) is 3.42. The smallest absolute Gasteiger partial charge is 0.123 e. The Morgan fingerprint density at radius 1 is 1.31 bits per heavy atom. The molecule has 0 saturated heterocycles. The molecule has 1 heterocycles. The number of rotatable bonds is 1. The van der Waals surface area contributed by atoms with Gasteiger partial charge in [0.15, 0.2) is 0 Å². The highest BCUT2D eigenvalue weighted by atomic mass is 19.1. The molecule has 1 aliphatic rings. The molecule has 82 valence electrons. The zero-order chi connectivity index (χ0) is 11.1. The molecule has 0 bridgehead atoms. The lowest BCUT2D eigenvalue weighted by molar-refractivity contribution is 0.628. The van der Waals surface area contributed by atoms with Gasteiger partial charge >= 0.3 is 0 Å². The number of benzene rings is 1. The summed E-state index contributed by atoms with van der Waals surface area (Å²) in [5, 5.41) is 7.27. The molecule has 16 heavy (non-hydrogen) atoms. The molecule has 0 fully saturated rings.